The number of halogens is 1. The monoisotopic (exact) mass is 256 g/mol. The van der Waals surface area contributed by atoms with Crippen LogP contribution in [0.1, 0.15) is 19.4 Å². The van der Waals surface area contributed by atoms with Gasteiger partial charge in [0.2, 0.25) is 9.84 Å². The summed E-state index contributed by atoms with van der Waals surface area (Å²) >= 11 is 0. The highest BCUT2D eigenvalue weighted by Crippen LogP contribution is 2.34. The fourth-order valence-corrected chi connectivity index (χ4v) is 3.20. The maximum absolute atomic E-state index is 13.5. The summed E-state index contributed by atoms with van der Waals surface area (Å²) in [5.41, 5.74) is 0.396. The summed E-state index contributed by atoms with van der Waals surface area (Å²) in [5, 5.41) is 0. The Morgan fingerprint density at radius 2 is 2.06 bits per heavy atom. The predicted octanol–water partition coefficient (Wildman–Crippen LogP) is 2.38. The van der Waals surface area contributed by atoms with Crippen LogP contribution in [0.2, 0.25) is 0 Å². The highest BCUT2D eigenvalue weighted by Gasteiger charge is 2.32. The lowest BCUT2D eigenvalue weighted by atomic mass is 10.2. The average molecular weight is 256 g/mol. The van der Waals surface area contributed by atoms with Gasteiger partial charge in [0.25, 0.3) is 0 Å². The standard InChI is InChI=1S/C12H13FO3S/c1-8(2)16-7-10-6-9-4-3-5-11(13)12(9)17(10,14)15/h3-6,8H,7H2,1-2H3. The van der Waals surface area contributed by atoms with Crippen LogP contribution < -0.4 is 0 Å². The van der Waals surface area contributed by atoms with Crippen LogP contribution in [0.5, 0.6) is 0 Å². The van der Waals surface area contributed by atoms with Gasteiger partial charge in [-0.15, -0.1) is 0 Å². The van der Waals surface area contributed by atoms with Gasteiger partial charge in [-0.05, 0) is 31.6 Å². The van der Waals surface area contributed by atoms with E-state index in [0.717, 1.165) is 6.07 Å². The lowest BCUT2D eigenvalue weighted by Gasteiger charge is -2.08. The molecule has 0 N–H and O–H groups in total. The van der Waals surface area contributed by atoms with Crippen molar-refractivity contribution in [3.8, 4) is 0 Å². The van der Waals surface area contributed by atoms with Crippen molar-refractivity contribution in [1.29, 1.82) is 0 Å². The van der Waals surface area contributed by atoms with Gasteiger partial charge in [0, 0.05) is 0 Å². The number of fused-ring (bicyclic) bond motifs is 1. The van der Waals surface area contributed by atoms with E-state index in [1.54, 1.807) is 6.07 Å². The number of hydrogen-bond acceptors (Lipinski definition) is 3. The van der Waals surface area contributed by atoms with Crippen molar-refractivity contribution >= 4 is 15.9 Å². The fourth-order valence-electron chi connectivity index (χ4n) is 1.67. The Hall–Kier alpha value is -1.20. The van der Waals surface area contributed by atoms with Crippen molar-refractivity contribution < 1.29 is 17.5 Å². The smallest absolute Gasteiger partial charge is 0.208 e. The molecule has 0 unspecified atom stereocenters. The largest absolute Gasteiger partial charge is 0.373 e. The van der Waals surface area contributed by atoms with Crippen LogP contribution in [0, 0.1) is 5.82 Å². The van der Waals surface area contributed by atoms with Gasteiger partial charge in [-0.2, -0.15) is 0 Å². The lowest BCUT2D eigenvalue weighted by molar-refractivity contribution is 0.101. The maximum atomic E-state index is 13.5. The Morgan fingerprint density at radius 3 is 2.65 bits per heavy atom. The van der Waals surface area contributed by atoms with Gasteiger partial charge in [-0.25, -0.2) is 12.8 Å². The molecule has 0 atom stereocenters. The molecule has 3 nitrogen and oxygen atoms in total. The van der Waals surface area contributed by atoms with Crippen molar-refractivity contribution in [2.45, 2.75) is 24.8 Å². The van der Waals surface area contributed by atoms with Crippen molar-refractivity contribution in [3.63, 3.8) is 0 Å². The minimum atomic E-state index is -3.71. The molecule has 1 aromatic carbocycles. The Kier molecular flexibility index (Phi) is 3.05. The van der Waals surface area contributed by atoms with E-state index in [0.29, 0.717) is 5.56 Å². The molecule has 1 aliphatic rings. The van der Waals surface area contributed by atoms with E-state index in [4.69, 9.17) is 4.74 Å². The molecule has 5 heteroatoms. The average Bonchev–Trinajstić information content (AvgIpc) is 2.48. The van der Waals surface area contributed by atoms with E-state index in [1.165, 1.54) is 12.1 Å². The maximum Gasteiger partial charge on any atom is 0.208 e. The highest BCUT2D eigenvalue weighted by molar-refractivity contribution is 7.95. The van der Waals surface area contributed by atoms with Crippen LogP contribution in [0.3, 0.4) is 0 Å². The van der Waals surface area contributed by atoms with E-state index < -0.39 is 15.7 Å². The molecule has 0 amide bonds. The van der Waals surface area contributed by atoms with Gasteiger partial charge in [0.1, 0.15) is 10.7 Å². The second-order valence-electron chi connectivity index (χ2n) is 4.13. The van der Waals surface area contributed by atoms with Crippen LogP contribution in [-0.4, -0.2) is 21.1 Å². The second-order valence-corrected chi connectivity index (χ2v) is 6.07. The summed E-state index contributed by atoms with van der Waals surface area (Å²) in [4.78, 5) is -0.117. The van der Waals surface area contributed by atoms with Gasteiger partial charge >= 0.3 is 0 Å². The fraction of sp³-hybridized carbons (Fsp3) is 0.333. The van der Waals surface area contributed by atoms with Crippen molar-refractivity contribution in [3.05, 3.63) is 34.5 Å². The number of hydrogen-bond donors (Lipinski definition) is 0. The molecule has 0 saturated heterocycles. The van der Waals surface area contributed by atoms with Gasteiger partial charge in [-0.1, -0.05) is 12.1 Å². The number of sulfone groups is 1. The minimum Gasteiger partial charge on any atom is -0.373 e. The number of benzene rings is 1. The first kappa shape index (κ1) is 12.3. The molecule has 0 aliphatic carbocycles. The zero-order valence-corrected chi connectivity index (χ0v) is 10.4. The molecule has 0 aromatic heterocycles. The van der Waals surface area contributed by atoms with Crippen LogP contribution >= 0.6 is 0 Å². The normalized spacial score (nSPS) is 17.1. The molecule has 92 valence electrons. The van der Waals surface area contributed by atoms with E-state index in [1.807, 2.05) is 13.8 Å². The molecular weight excluding hydrogens is 243 g/mol. The minimum absolute atomic E-state index is 0.0197. The lowest BCUT2D eigenvalue weighted by Crippen LogP contribution is -2.11. The molecular formula is C12H13FO3S. The highest BCUT2D eigenvalue weighted by atomic mass is 32.2. The number of ether oxygens (including phenoxy) is 1. The summed E-state index contributed by atoms with van der Waals surface area (Å²) in [7, 11) is -3.71. The van der Waals surface area contributed by atoms with Gasteiger partial charge in [0.15, 0.2) is 0 Å². The first-order valence-electron chi connectivity index (χ1n) is 5.28. The summed E-state index contributed by atoms with van der Waals surface area (Å²) in [6.45, 7) is 3.61. The first-order valence-corrected chi connectivity index (χ1v) is 6.77. The van der Waals surface area contributed by atoms with Gasteiger partial charge in [-0.3, -0.25) is 0 Å². The summed E-state index contributed by atoms with van der Waals surface area (Å²) < 4.78 is 42.8. The second kappa shape index (κ2) is 4.23. The molecule has 1 aliphatic heterocycles. The van der Waals surface area contributed by atoms with Crippen LogP contribution in [-0.2, 0) is 14.6 Å². The Balaban J connectivity index is 2.40. The van der Waals surface area contributed by atoms with Crippen LogP contribution in [0.25, 0.3) is 6.08 Å². The molecule has 0 fully saturated rings. The van der Waals surface area contributed by atoms with E-state index in [-0.39, 0.29) is 22.5 Å². The Labute approximate surface area is 99.8 Å². The van der Waals surface area contributed by atoms with E-state index in [9.17, 15) is 12.8 Å². The molecule has 0 radical (unpaired) electrons. The quantitative estimate of drug-likeness (QED) is 0.834. The summed E-state index contributed by atoms with van der Waals surface area (Å²) in [6, 6.07) is 4.22. The topological polar surface area (TPSA) is 43.4 Å². The molecule has 17 heavy (non-hydrogen) atoms. The third kappa shape index (κ3) is 2.12. The molecule has 0 saturated carbocycles. The zero-order chi connectivity index (χ0) is 12.6. The third-order valence-corrected chi connectivity index (χ3v) is 4.38. The van der Waals surface area contributed by atoms with Crippen LogP contribution in [0.15, 0.2) is 28.0 Å². The van der Waals surface area contributed by atoms with Crippen molar-refractivity contribution in [2.24, 2.45) is 0 Å². The van der Waals surface area contributed by atoms with Gasteiger partial charge in [0.05, 0.1) is 17.6 Å². The summed E-state index contributed by atoms with van der Waals surface area (Å²) in [6.07, 6.45) is 1.40. The molecule has 0 bridgehead atoms. The SMILES string of the molecule is CC(C)OCC1=Cc2cccc(F)c2S1(=O)=O. The third-order valence-electron chi connectivity index (χ3n) is 2.49. The predicted molar refractivity (Wildman–Crippen MR) is 62.7 cm³/mol. The van der Waals surface area contributed by atoms with Crippen molar-refractivity contribution in [2.75, 3.05) is 6.61 Å². The van der Waals surface area contributed by atoms with Crippen LogP contribution in [0.4, 0.5) is 4.39 Å². The molecule has 1 aromatic rings. The molecule has 2 rings (SSSR count). The zero-order valence-electron chi connectivity index (χ0n) is 9.60. The number of rotatable bonds is 3. The first-order chi connectivity index (χ1) is 7.93. The van der Waals surface area contributed by atoms with Gasteiger partial charge < -0.3 is 4.74 Å². The summed E-state index contributed by atoms with van der Waals surface area (Å²) in [5.74, 6) is -0.710. The van der Waals surface area contributed by atoms with E-state index >= 15 is 0 Å². The Morgan fingerprint density at radius 1 is 1.35 bits per heavy atom. The Bertz CT molecular complexity index is 573. The molecule has 0 spiro atoms. The molecule has 1 heterocycles. The van der Waals surface area contributed by atoms with E-state index in [2.05, 4.69) is 0 Å². The van der Waals surface area contributed by atoms with Crippen molar-refractivity contribution in [1.82, 2.24) is 0 Å².